The van der Waals surface area contributed by atoms with Crippen LogP contribution in [-0.4, -0.2) is 43.8 Å². The summed E-state index contributed by atoms with van der Waals surface area (Å²) in [5, 5.41) is 8.32. The first-order valence-electron chi connectivity index (χ1n) is 11.3. The van der Waals surface area contributed by atoms with Gasteiger partial charge in [-0.3, -0.25) is 0 Å². The van der Waals surface area contributed by atoms with E-state index in [-0.39, 0.29) is 24.6 Å². The quantitative estimate of drug-likeness (QED) is 0.452. The number of nitrogens with one attached hydrogen (secondary N) is 1. The van der Waals surface area contributed by atoms with E-state index in [1.807, 2.05) is 48.0 Å². The van der Waals surface area contributed by atoms with Crippen LogP contribution in [0.4, 0.5) is 20.7 Å². The molecule has 1 aliphatic rings. The van der Waals surface area contributed by atoms with Crippen LogP contribution in [0.1, 0.15) is 30.0 Å². The number of fused-ring (bicyclic) bond motifs is 1. The molecule has 1 N–H and O–H groups in total. The van der Waals surface area contributed by atoms with Gasteiger partial charge in [0.05, 0.1) is 23.3 Å². The number of aromatic nitrogens is 4. The number of aryl methyl sites for hydroxylation is 1. The predicted molar refractivity (Wildman–Crippen MR) is 126 cm³/mol. The van der Waals surface area contributed by atoms with Crippen LogP contribution < -0.4 is 5.32 Å². The van der Waals surface area contributed by atoms with Gasteiger partial charge in [-0.15, -0.1) is 0 Å². The molecule has 4 aromatic rings. The molecule has 3 heterocycles. The van der Waals surface area contributed by atoms with Crippen molar-refractivity contribution < 1.29 is 13.9 Å². The molecule has 0 bridgehead atoms. The van der Waals surface area contributed by atoms with Gasteiger partial charge in [0.15, 0.2) is 5.65 Å². The predicted octanol–water partition coefficient (Wildman–Crippen LogP) is 4.99. The van der Waals surface area contributed by atoms with Crippen molar-refractivity contribution in [3.05, 3.63) is 78.0 Å². The van der Waals surface area contributed by atoms with E-state index in [1.54, 1.807) is 17.2 Å². The van der Waals surface area contributed by atoms with Gasteiger partial charge >= 0.3 is 6.09 Å². The van der Waals surface area contributed by atoms with Gasteiger partial charge in [0.2, 0.25) is 0 Å². The molecule has 0 spiro atoms. The smallest absolute Gasteiger partial charge is 0.410 e. The molecule has 0 aliphatic carbocycles. The SMILES string of the molecule is Cc1ccc(Nc2ncnc3c2cnn3C2CCN(C(=O)OCc3ccccc3)CC2)c(F)c1. The minimum atomic E-state index is -0.342. The Morgan fingerprint density at radius 3 is 2.71 bits per heavy atom. The maximum Gasteiger partial charge on any atom is 0.410 e. The number of hydrogen-bond acceptors (Lipinski definition) is 6. The summed E-state index contributed by atoms with van der Waals surface area (Å²) in [6.45, 7) is 3.25. The lowest BCUT2D eigenvalue weighted by atomic mass is 10.1. The van der Waals surface area contributed by atoms with Gasteiger partial charge < -0.3 is 15.0 Å². The van der Waals surface area contributed by atoms with Crippen LogP contribution in [0.5, 0.6) is 0 Å². The molecule has 0 atom stereocenters. The van der Waals surface area contributed by atoms with Crippen molar-refractivity contribution in [1.29, 1.82) is 0 Å². The largest absolute Gasteiger partial charge is 0.445 e. The number of carbonyl (C=O) groups excluding carboxylic acids is 1. The zero-order valence-electron chi connectivity index (χ0n) is 18.8. The second-order valence-corrected chi connectivity index (χ2v) is 8.42. The number of piperidine rings is 1. The Morgan fingerprint density at radius 1 is 1.15 bits per heavy atom. The molecule has 8 nitrogen and oxygen atoms in total. The van der Waals surface area contributed by atoms with Gasteiger partial charge in [0.25, 0.3) is 0 Å². The molecule has 34 heavy (non-hydrogen) atoms. The van der Waals surface area contributed by atoms with Crippen molar-refractivity contribution in [3.8, 4) is 0 Å². The number of likely N-dealkylation sites (tertiary alicyclic amines) is 1. The van der Waals surface area contributed by atoms with E-state index < -0.39 is 0 Å². The van der Waals surface area contributed by atoms with Gasteiger partial charge in [-0.25, -0.2) is 23.8 Å². The zero-order valence-corrected chi connectivity index (χ0v) is 18.8. The third-order valence-corrected chi connectivity index (χ3v) is 6.04. The monoisotopic (exact) mass is 460 g/mol. The summed E-state index contributed by atoms with van der Waals surface area (Å²) >= 11 is 0. The van der Waals surface area contributed by atoms with Gasteiger partial charge in [-0.05, 0) is 43.0 Å². The topological polar surface area (TPSA) is 85.2 Å². The van der Waals surface area contributed by atoms with Gasteiger partial charge in [-0.1, -0.05) is 36.4 Å². The van der Waals surface area contributed by atoms with E-state index >= 15 is 0 Å². The summed E-state index contributed by atoms with van der Waals surface area (Å²) in [6.07, 6.45) is 4.31. The molecular weight excluding hydrogens is 435 g/mol. The first kappa shape index (κ1) is 21.8. The van der Waals surface area contributed by atoms with Crippen LogP contribution in [-0.2, 0) is 11.3 Å². The fourth-order valence-corrected chi connectivity index (χ4v) is 4.18. The number of amides is 1. The highest BCUT2D eigenvalue weighted by atomic mass is 19.1. The Hall–Kier alpha value is -4.01. The Labute approximate surface area is 196 Å². The third-order valence-electron chi connectivity index (χ3n) is 6.04. The highest BCUT2D eigenvalue weighted by Crippen LogP contribution is 2.29. The van der Waals surface area contributed by atoms with Crippen LogP contribution >= 0.6 is 0 Å². The number of hydrogen-bond donors (Lipinski definition) is 1. The minimum Gasteiger partial charge on any atom is -0.445 e. The lowest BCUT2D eigenvalue weighted by Gasteiger charge is -2.31. The molecule has 2 aromatic heterocycles. The summed E-state index contributed by atoms with van der Waals surface area (Å²) < 4.78 is 21.6. The molecule has 9 heteroatoms. The molecule has 0 radical (unpaired) electrons. The van der Waals surface area contributed by atoms with Crippen LogP contribution in [0.2, 0.25) is 0 Å². The fourth-order valence-electron chi connectivity index (χ4n) is 4.18. The van der Waals surface area contributed by atoms with E-state index in [9.17, 15) is 9.18 Å². The fraction of sp³-hybridized carbons (Fsp3) is 0.280. The average molecular weight is 461 g/mol. The van der Waals surface area contributed by atoms with Crippen molar-refractivity contribution in [2.24, 2.45) is 0 Å². The summed E-state index contributed by atoms with van der Waals surface area (Å²) in [5.41, 5.74) is 2.83. The van der Waals surface area contributed by atoms with Gasteiger partial charge in [-0.2, -0.15) is 5.10 Å². The van der Waals surface area contributed by atoms with E-state index in [0.29, 0.717) is 35.6 Å². The number of rotatable bonds is 5. The number of nitrogens with zero attached hydrogens (tertiary/aromatic N) is 5. The molecule has 0 saturated carbocycles. The molecule has 174 valence electrons. The van der Waals surface area contributed by atoms with Crippen molar-refractivity contribution in [2.45, 2.75) is 32.4 Å². The molecule has 5 rings (SSSR count). The number of benzene rings is 2. The summed E-state index contributed by atoms with van der Waals surface area (Å²) in [5.74, 6) is 0.159. The van der Waals surface area contributed by atoms with Crippen molar-refractivity contribution in [2.75, 3.05) is 18.4 Å². The molecule has 0 unspecified atom stereocenters. The molecule has 1 aliphatic heterocycles. The third kappa shape index (κ3) is 4.54. The Morgan fingerprint density at radius 2 is 1.94 bits per heavy atom. The summed E-state index contributed by atoms with van der Waals surface area (Å²) in [6, 6.07) is 14.7. The van der Waals surface area contributed by atoms with Gasteiger partial charge in [0.1, 0.15) is 24.6 Å². The van der Waals surface area contributed by atoms with Crippen molar-refractivity contribution >= 4 is 28.6 Å². The lowest BCUT2D eigenvalue weighted by molar-refractivity contribution is 0.0824. The molecular formula is C25H25FN6O2. The number of anilines is 2. The van der Waals surface area contributed by atoms with Crippen molar-refractivity contribution in [1.82, 2.24) is 24.6 Å². The number of halogens is 1. The maximum atomic E-state index is 14.3. The van der Waals surface area contributed by atoms with E-state index in [4.69, 9.17) is 4.74 Å². The standard InChI is InChI=1S/C25H25FN6O2/c1-17-7-8-22(21(26)13-17)30-23-20-14-29-32(24(20)28-16-27-23)19-9-11-31(12-10-19)25(33)34-15-18-5-3-2-4-6-18/h2-8,13-14,16,19H,9-12,15H2,1H3,(H,27,28,30). The highest BCUT2D eigenvalue weighted by Gasteiger charge is 2.27. The van der Waals surface area contributed by atoms with Crippen molar-refractivity contribution in [3.63, 3.8) is 0 Å². The van der Waals surface area contributed by atoms with E-state index in [0.717, 1.165) is 24.0 Å². The molecule has 1 saturated heterocycles. The Bertz CT molecular complexity index is 1300. The van der Waals surface area contributed by atoms with E-state index in [2.05, 4.69) is 20.4 Å². The van der Waals surface area contributed by atoms with Gasteiger partial charge in [0, 0.05) is 13.1 Å². The van der Waals surface area contributed by atoms with E-state index in [1.165, 1.54) is 12.4 Å². The molecule has 2 aromatic carbocycles. The zero-order chi connectivity index (χ0) is 23.5. The molecule has 1 fully saturated rings. The highest BCUT2D eigenvalue weighted by molar-refractivity contribution is 5.88. The van der Waals surface area contributed by atoms with Crippen LogP contribution in [0.3, 0.4) is 0 Å². The van der Waals surface area contributed by atoms with Crippen LogP contribution in [0.15, 0.2) is 61.1 Å². The number of ether oxygens (including phenoxy) is 1. The van der Waals surface area contributed by atoms with Crippen LogP contribution in [0, 0.1) is 12.7 Å². The second-order valence-electron chi connectivity index (χ2n) is 8.42. The molecule has 1 amide bonds. The normalized spacial score (nSPS) is 14.4. The summed E-state index contributed by atoms with van der Waals surface area (Å²) in [7, 11) is 0. The first-order valence-corrected chi connectivity index (χ1v) is 11.3. The Kier molecular flexibility index (Phi) is 6.07. The first-order chi connectivity index (χ1) is 16.6. The second kappa shape index (κ2) is 9.46. The minimum absolute atomic E-state index is 0.0922. The maximum absolute atomic E-state index is 14.3. The Balaban J connectivity index is 1.25. The average Bonchev–Trinajstić information content (AvgIpc) is 3.30. The number of carbonyl (C=O) groups is 1. The summed E-state index contributed by atoms with van der Waals surface area (Å²) in [4.78, 5) is 22.9. The lowest BCUT2D eigenvalue weighted by Crippen LogP contribution is -2.39. The van der Waals surface area contributed by atoms with Crippen LogP contribution in [0.25, 0.3) is 11.0 Å².